The number of nitrogens with two attached hydrogens (primary N) is 1. The standard InChI is InChI=1S/C23H26N4O/c1-26(23(28)18-12-13-20(24)14-18)15-19-16-27(21-10-6-3-7-11-21)25-22(19)17-8-4-2-5-9-17/h2-11,16,18,20H,12-15,24H2,1H3. The maximum atomic E-state index is 12.9. The maximum Gasteiger partial charge on any atom is 0.225 e. The van der Waals surface area contributed by atoms with E-state index < -0.39 is 0 Å². The summed E-state index contributed by atoms with van der Waals surface area (Å²) in [6.07, 6.45) is 4.64. The summed E-state index contributed by atoms with van der Waals surface area (Å²) in [6.45, 7) is 0.529. The summed E-state index contributed by atoms with van der Waals surface area (Å²) in [7, 11) is 1.88. The van der Waals surface area contributed by atoms with Crippen LogP contribution >= 0.6 is 0 Å². The molecule has 0 bridgehead atoms. The van der Waals surface area contributed by atoms with Crippen molar-refractivity contribution in [3.05, 3.63) is 72.4 Å². The summed E-state index contributed by atoms with van der Waals surface area (Å²) in [5.41, 5.74) is 10.00. The van der Waals surface area contributed by atoms with Gasteiger partial charge in [-0.3, -0.25) is 4.79 Å². The predicted octanol–water partition coefficient (Wildman–Crippen LogP) is 3.63. The highest BCUT2D eigenvalue weighted by molar-refractivity contribution is 5.79. The van der Waals surface area contributed by atoms with E-state index in [1.54, 1.807) is 0 Å². The van der Waals surface area contributed by atoms with E-state index in [4.69, 9.17) is 10.8 Å². The first-order chi connectivity index (χ1) is 13.6. The van der Waals surface area contributed by atoms with Crippen molar-refractivity contribution in [3.63, 3.8) is 0 Å². The number of nitrogens with zero attached hydrogens (tertiary/aromatic N) is 3. The summed E-state index contributed by atoms with van der Waals surface area (Å²) < 4.78 is 1.89. The Morgan fingerprint density at radius 3 is 2.43 bits per heavy atom. The molecule has 5 heteroatoms. The number of para-hydroxylation sites is 1. The Kier molecular flexibility index (Phi) is 5.26. The monoisotopic (exact) mass is 374 g/mol. The fourth-order valence-electron chi connectivity index (χ4n) is 3.96. The number of amides is 1. The number of rotatable bonds is 5. The van der Waals surface area contributed by atoms with Gasteiger partial charge in [0.15, 0.2) is 0 Å². The summed E-state index contributed by atoms with van der Waals surface area (Å²) in [5, 5.41) is 4.83. The van der Waals surface area contributed by atoms with E-state index in [2.05, 4.69) is 12.1 Å². The van der Waals surface area contributed by atoms with Gasteiger partial charge in [0.25, 0.3) is 0 Å². The molecule has 0 aliphatic heterocycles. The molecular weight excluding hydrogens is 348 g/mol. The van der Waals surface area contributed by atoms with E-state index in [9.17, 15) is 4.79 Å². The lowest BCUT2D eigenvalue weighted by molar-refractivity contribution is -0.134. The number of hydrogen-bond acceptors (Lipinski definition) is 3. The van der Waals surface area contributed by atoms with Gasteiger partial charge in [0, 0.05) is 42.9 Å². The molecule has 1 amide bonds. The minimum absolute atomic E-state index is 0.0457. The second-order valence-electron chi connectivity index (χ2n) is 7.61. The number of benzene rings is 2. The zero-order valence-electron chi connectivity index (χ0n) is 16.2. The molecule has 2 unspecified atom stereocenters. The molecule has 2 atom stereocenters. The summed E-state index contributed by atoms with van der Waals surface area (Å²) in [5.74, 6) is 0.226. The predicted molar refractivity (Wildman–Crippen MR) is 111 cm³/mol. The summed E-state index contributed by atoms with van der Waals surface area (Å²) in [4.78, 5) is 14.7. The van der Waals surface area contributed by atoms with Gasteiger partial charge in [0.1, 0.15) is 0 Å². The minimum atomic E-state index is 0.0457. The Morgan fingerprint density at radius 1 is 1.11 bits per heavy atom. The van der Waals surface area contributed by atoms with Crippen molar-refractivity contribution in [2.75, 3.05) is 7.05 Å². The van der Waals surface area contributed by atoms with Crippen molar-refractivity contribution in [3.8, 4) is 16.9 Å². The third-order valence-corrected chi connectivity index (χ3v) is 5.46. The van der Waals surface area contributed by atoms with Crippen LogP contribution in [0.3, 0.4) is 0 Å². The van der Waals surface area contributed by atoms with Gasteiger partial charge in [0.2, 0.25) is 5.91 Å². The molecule has 1 saturated carbocycles. The first-order valence-electron chi connectivity index (χ1n) is 9.82. The van der Waals surface area contributed by atoms with E-state index in [-0.39, 0.29) is 17.9 Å². The third-order valence-electron chi connectivity index (χ3n) is 5.46. The Bertz CT molecular complexity index is 936. The maximum absolute atomic E-state index is 12.9. The molecule has 1 aliphatic carbocycles. The fraction of sp³-hybridized carbons (Fsp3) is 0.304. The van der Waals surface area contributed by atoms with E-state index >= 15 is 0 Å². The molecule has 4 rings (SSSR count). The molecule has 1 aliphatic rings. The third kappa shape index (κ3) is 3.85. The molecule has 28 heavy (non-hydrogen) atoms. The fourth-order valence-corrected chi connectivity index (χ4v) is 3.96. The Labute approximate surface area is 165 Å². The molecule has 0 spiro atoms. The molecule has 1 aromatic heterocycles. The molecule has 2 aromatic carbocycles. The Morgan fingerprint density at radius 2 is 1.79 bits per heavy atom. The molecule has 0 radical (unpaired) electrons. The van der Waals surface area contributed by atoms with Crippen LogP contribution in [0, 0.1) is 5.92 Å². The van der Waals surface area contributed by atoms with Gasteiger partial charge in [-0.2, -0.15) is 5.10 Å². The molecule has 3 aromatic rings. The van der Waals surface area contributed by atoms with E-state index in [0.717, 1.165) is 41.8 Å². The number of hydrogen-bond donors (Lipinski definition) is 1. The topological polar surface area (TPSA) is 64.2 Å². The number of carbonyl (C=O) groups is 1. The van der Waals surface area contributed by atoms with Gasteiger partial charge in [-0.05, 0) is 31.4 Å². The molecule has 2 N–H and O–H groups in total. The average Bonchev–Trinajstić information content (AvgIpc) is 3.35. The van der Waals surface area contributed by atoms with Gasteiger partial charge in [-0.15, -0.1) is 0 Å². The van der Waals surface area contributed by atoms with Crippen molar-refractivity contribution in [2.45, 2.75) is 31.8 Å². The van der Waals surface area contributed by atoms with Gasteiger partial charge < -0.3 is 10.6 Å². The normalized spacial score (nSPS) is 18.9. The van der Waals surface area contributed by atoms with Crippen molar-refractivity contribution >= 4 is 5.91 Å². The molecule has 1 fully saturated rings. The lowest BCUT2D eigenvalue weighted by atomic mass is 10.0. The lowest BCUT2D eigenvalue weighted by Gasteiger charge is -2.21. The van der Waals surface area contributed by atoms with Crippen LogP contribution in [-0.2, 0) is 11.3 Å². The Balaban J connectivity index is 1.63. The molecule has 0 saturated heterocycles. The van der Waals surface area contributed by atoms with Crippen LogP contribution in [0.5, 0.6) is 0 Å². The lowest BCUT2D eigenvalue weighted by Crippen LogP contribution is -2.32. The van der Waals surface area contributed by atoms with Crippen molar-refractivity contribution < 1.29 is 4.79 Å². The van der Waals surface area contributed by atoms with Gasteiger partial charge in [-0.25, -0.2) is 4.68 Å². The Hall–Kier alpha value is -2.92. The van der Waals surface area contributed by atoms with E-state index in [0.29, 0.717) is 6.54 Å². The largest absolute Gasteiger partial charge is 0.341 e. The van der Waals surface area contributed by atoms with E-state index in [1.165, 1.54) is 0 Å². The molecular formula is C23H26N4O. The quantitative estimate of drug-likeness (QED) is 0.742. The van der Waals surface area contributed by atoms with Crippen molar-refractivity contribution in [1.82, 2.24) is 14.7 Å². The first kappa shape index (κ1) is 18.4. The zero-order chi connectivity index (χ0) is 19.5. The molecule has 5 nitrogen and oxygen atoms in total. The van der Waals surface area contributed by atoms with Crippen LogP contribution in [-0.4, -0.2) is 33.7 Å². The van der Waals surface area contributed by atoms with Gasteiger partial charge in [-0.1, -0.05) is 48.5 Å². The molecule has 1 heterocycles. The van der Waals surface area contributed by atoms with Crippen LogP contribution in [0.15, 0.2) is 66.9 Å². The second-order valence-corrected chi connectivity index (χ2v) is 7.61. The molecule has 144 valence electrons. The highest BCUT2D eigenvalue weighted by Crippen LogP contribution is 2.28. The highest BCUT2D eigenvalue weighted by atomic mass is 16.2. The summed E-state index contributed by atoms with van der Waals surface area (Å²) >= 11 is 0. The highest BCUT2D eigenvalue weighted by Gasteiger charge is 2.30. The van der Waals surface area contributed by atoms with Crippen LogP contribution in [0.1, 0.15) is 24.8 Å². The van der Waals surface area contributed by atoms with E-state index in [1.807, 2.05) is 71.4 Å². The van der Waals surface area contributed by atoms with Crippen molar-refractivity contribution in [2.24, 2.45) is 11.7 Å². The smallest absolute Gasteiger partial charge is 0.225 e. The van der Waals surface area contributed by atoms with Crippen molar-refractivity contribution in [1.29, 1.82) is 0 Å². The zero-order valence-corrected chi connectivity index (χ0v) is 16.2. The van der Waals surface area contributed by atoms with Gasteiger partial charge in [0.05, 0.1) is 11.4 Å². The second kappa shape index (κ2) is 7.98. The van der Waals surface area contributed by atoms with Crippen LogP contribution in [0.25, 0.3) is 16.9 Å². The van der Waals surface area contributed by atoms with Crippen LogP contribution in [0.2, 0.25) is 0 Å². The minimum Gasteiger partial charge on any atom is -0.341 e. The van der Waals surface area contributed by atoms with Crippen LogP contribution in [0.4, 0.5) is 0 Å². The van der Waals surface area contributed by atoms with Gasteiger partial charge >= 0.3 is 0 Å². The first-order valence-corrected chi connectivity index (χ1v) is 9.82. The SMILES string of the molecule is CN(Cc1cn(-c2ccccc2)nc1-c1ccccc1)C(=O)C1CCC(N)C1. The van der Waals surface area contributed by atoms with Crippen LogP contribution < -0.4 is 5.73 Å². The number of aromatic nitrogens is 2. The number of carbonyl (C=O) groups excluding carboxylic acids is 1. The average molecular weight is 374 g/mol. The summed E-state index contributed by atoms with van der Waals surface area (Å²) in [6, 6.07) is 20.3.